The summed E-state index contributed by atoms with van der Waals surface area (Å²) in [5.74, 6) is 1.03. The second-order valence-electron chi connectivity index (χ2n) is 2.88. The van der Waals surface area contributed by atoms with Gasteiger partial charge in [0.05, 0.1) is 0 Å². The summed E-state index contributed by atoms with van der Waals surface area (Å²) >= 11 is 14.8. The molecule has 2 rings (SSSR count). The van der Waals surface area contributed by atoms with E-state index in [1.807, 2.05) is 12.1 Å². The van der Waals surface area contributed by atoms with Crippen molar-refractivity contribution in [1.82, 2.24) is 10.2 Å². The van der Waals surface area contributed by atoms with E-state index in [0.29, 0.717) is 11.5 Å². The zero-order valence-corrected chi connectivity index (χ0v) is 10.9. The maximum atomic E-state index is 5.81. The number of rotatable bonds is 2. The summed E-state index contributed by atoms with van der Waals surface area (Å²) in [6, 6.07) is 8.83. The average Bonchev–Trinajstić information content (AvgIpc) is 2.27. The smallest absolute Gasteiger partial charge is 0.194 e. The lowest BCUT2D eigenvalue weighted by Crippen LogP contribution is -1.90. The lowest BCUT2D eigenvalue weighted by atomic mass is 10.3. The molecule has 0 aliphatic rings. The normalized spacial score (nSPS) is 10.2. The molecule has 0 N–H and O–H groups in total. The minimum absolute atomic E-state index is 0.173. The summed E-state index contributed by atoms with van der Waals surface area (Å²) in [5, 5.41) is 7.64. The van der Waals surface area contributed by atoms with E-state index in [1.54, 1.807) is 12.1 Å². The van der Waals surface area contributed by atoms with Crippen LogP contribution in [-0.2, 0) is 0 Å². The number of benzene rings is 1. The highest BCUT2D eigenvalue weighted by Gasteiger charge is 2.06. The summed E-state index contributed by atoms with van der Waals surface area (Å²) in [6.07, 6.45) is 0. The third kappa shape index (κ3) is 2.84. The van der Waals surface area contributed by atoms with Crippen LogP contribution in [0, 0.1) is 0 Å². The predicted octanol–water partition coefficient (Wildman–Crippen LogP) is 4.34. The highest BCUT2D eigenvalue weighted by atomic mass is 79.9. The molecule has 1 aromatic carbocycles. The van der Waals surface area contributed by atoms with Crippen molar-refractivity contribution in [3.05, 3.63) is 45.1 Å². The number of nitrogens with zero attached hydrogens (tertiary/aromatic N) is 2. The van der Waals surface area contributed by atoms with E-state index in [0.717, 1.165) is 4.47 Å². The number of hydrogen-bond donors (Lipinski definition) is 0. The Morgan fingerprint density at radius 3 is 2.44 bits per heavy atom. The lowest BCUT2D eigenvalue weighted by molar-refractivity contribution is 0.478. The van der Waals surface area contributed by atoms with Crippen LogP contribution in [0.2, 0.25) is 10.3 Å². The molecule has 0 aliphatic heterocycles. The van der Waals surface area contributed by atoms with Crippen molar-refractivity contribution >= 4 is 39.1 Å². The zero-order valence-electron chi connectivity index (χ0n) is 7.82. The van der Waals surface area contributed by atoms with Gasteiger partial charge < -0.3 is 4.74 Å². The van der Waals surface area contributed by atoms with Crippen LogP contribution in [0.15, 0.2) is 34.8 Å². The summed E-state index contributed by atoms with van der Waals surface area (Å²) in [7, 11) is 0. The van der Waals surface area contributed by atoms with Gasteiger partial charge >= 0.3 is 0 Å². The van der Waals surface area contributed by atoms with Gasteiger partial charge in [-0.2, -0.15) is 0 Å². The third-order valence-electron chi connectivity index (χ3n) is 1.73. The Bertz CT molecular complexity index is 505. The minimum Gasteiger partial charge on any atom is -0.454 e. The van der Waals surface area contributed by atoms with E-state index in [1.165, 1.54) is 6.07 Å². The van der Waals surface area contributed by atoms with Crippen molar-refractivity contribution in [3.8, 4) is 11.5 Å². The van der Waals surface area contributed by atoms with Crippen LogP contribution in [-0.4, -0.2) is 10.2 Å². The number of aromatic nitrogens is 2. The van der Waals surface area contributed by atoms with Crippen molar-refractivity contribution in [3.63, 3.8) is 0 Å². The largest absolute Gasteiger partial charge is 0.454 e. The molecule has 2 aromatic rings. The first-order valence-electron chi connectivity index (χ1n) is 4.27. The quantitative estimate of drug-likeness (QED) is 0.826. The molecule has 0 aliphatic carbocycles. The molecule has 6 heteroatoms. The molecule has 0 amide bonds. The Hall–Kier alpha value is -0.840. The molecule has 0 unspecified atom stereocenters. The Balaban J connectivity index is 2.26. The number of halogens is 3. The van der Waals surface area contributed by atoms with Gasteiger partial charge in [-0.05, 0) is 24.3 Å². The van der Waals surface area contributed by atoms with Crippen LogP contribution in [0.25, 0.3) is 0 Å². The summed E-state index contributed by atoms with van der Waals surface area (Å²) in [5.41, 5.74) is 0. The molecule has 0 atom stereocenters. The Morgan fingerprint density at radius 1 is 1.06 bits per heavy atom. The fraction of sp³-hybridized carbons (Fsp3) is 0. The van der Waals surface area contributed by atoms with Gasteiger partial charge in [0.1, 0.15) is 5.75 Å². The second kappa shape index (κ2) is 4.99. The Labute approximate surface area is 110 Å². The second-order valence-corrected chi connectivity index (χ2v) is 4.54. The first-order chi connectivity index (χ1) is 7.65. The van der Waals surface area contributed by atoms with E-state index in [2.05, 4.69) is 26.1 Å². The minimum atomic E-state index is 0.173. The van der Waals surface area contributed by atoms with Crippen molar-refractivity contribution in [2.24, 2.45) is 0 Å². The average molecular weight is 320 g/mol. The third-order valence-corrected chi connectivity index (χ3v) is 2.70. The van der Waals surface area contributed by atoms with Crippen molar-refractivity contribution in [1.29, 1.82) is 0 Å². The molecule has 0 saturated heterocycles. The van der Waals surface area contributed by atoms with Crippen LogP contribution in [0.5, 0.6) is 11.5 Å². The number of hydrogen-bond acceptors (Lipinski definition) is 3. The monoisotopic (exact) mass is 318 g/mol. The van der Waals surface area contributed by atoms with Gasteiger partial charge in [0.15, 0.2) is 16.1 Å². The van der Waals surface area contributed by atoms with Gasteiger partial charge in [0.2, 0.25) is 0 Å². The van der Waals surface area contributed by atoms with Crippen molar-refractivity contribution in [2.45, 2.75) is 0 Å². The van der Waals surface area contributed by atoms with Gasteiger partial charge in [-0.25, -0.2) is 0 Å². The van der Waals surface area contributed by atoms with Crippen LogP contribution in [0.4, 0.5) is 0 Å². The highest BCUT2D eigenvalue weighted by molar-refractivity contribution is 9.10. The molecule has 1 heterocycles. The summed E-state index contributed by atoms with van der Waals surface area (Å²) in [4.78, 5) is 0. The fourth-order valence-electron chi connectivity index (χ4n) is 1.04. The zero-order chi connectivity index (χ0) is 11.5. The van der Waals surface area contributed by atoms with Crippen LogP contribution >= 0.6 is 39.1 Å². The summed E-state index contributed by atoms with van der Waals surface area (Å²) < 4.78 is 6.47. The van der Waals surface area contributed by atoms with Gasteiger partial charge in [0, 0.05) is 10.5 Å². The molecular weight excluding hydrogens is 315 g/mol. The SMILES string of the molecule is Clc1cc(Oc2ccc(Br)cc2)c(Cl)nn1. The van der Waals surface area contributed by atoms with E-state index >= 15 is 0 Å². The van der Waals surface area contributed by atoms with Gasteiger partial charge in [0.25, 0.3) is 0 Å². The molecule has 16 heavy (non-hydrogen) atoms. The van der Waals surface area contributed by atoms with E-state index < -0.39 is 0 Å². The van der Waals surface area contributed by atoms with Gasteiger partial charge in [-0.3, -0.25) is 0 Å². The fourth-order valence-corrected chi connectivity index (χ4v) is 1.57. The predicted molar refractivity (Wildman–Crippen MR) is 66.3 cm³/mol. The Kier molecular flexibility index (Phi) is 3.63. The Morgan fingerprint density at radius 2 is 1.75 bits per heavy atom. The van der Waals surface area contributed by atoms with Crippen LogP contribution in [0.3, 0.4) is 0 Å². The van der Waals surface area contributed by atoms with Crippen molar-refractivity contribution in [2.75, 3.05) is 0 Å². The molecule has 0 bridgehead atoms. The molecule has 1 aromatic heterocycles. The number of ether oxygens (including phenoxy) is 1. The molecule has 0 spiro atoms. The first-order valence-corrected chi connectivity index (χ1v) is 5.82. The topological polar surface area (TPSA) is 35.0 Å². The van der Waals surface area contributed by atoms with E-state index in [9.17, 15) is 0 Å². The van der Waals surface area contributed by atoms with Crippen molar-refractivity contribution < 1.29 is 4.74 Å². The molecule has 82 valence electrons. The van der Waals surface area contributed by atoms with E-state index in [-0.39, 0.29) is 10.3 Å². The molecule has 0 saturated carbocycles. The highest BCUT2D eigenvalue weighted by Crippen LogP contribution is 2.29. The maximum Gasteiger partial charge on any atom is 0.194 e. The van der Waals surface area contributed by atoms with Crippen LogP contribution in [0.1, 0.15) is 0 Å². The van der Waals surface area contributed by atoms with E-state index in [4.69, 9.17) is 27.9 Å². The first kappa shape index (κ1) is 11.6. The molecule has 0 radical (unpaired) electrons. The lowest BCUT2D eigenvalue weighted by Gasteiger charge is -2.06. The summed E-state index contributed by atoms with van der Waals surface area (Å²) in [6.45, 7) is 0. The molecule has 3 nitrogen and oxygen atoms in total. The maximum absolute atomic E-state index is 5.81. The molecular formula is C10H5BrCl2N2O. The molecule has 0 fully saturated rings. The van der Waals surface area contributed by atoms with Gasteiger partial charge in [-0.1, -0.05) is 39.1 Å². The van der Waals surface area contributed by atoms with Gasteiger partial charge in [-0.15, -0.1) is 10.2 Å². The van der Waals surface area contributed by atoms with Crippen LogP contribution < -0.4 is 4.74 Å². The standard InChI is InChI=1S/C10H5BrCl2N2O/c11-6-1-3-7(4-2-6)16-8-5-9(12)14-15-10(8)13/h1-5H.